The zero-order valence-electron chi connectivity index (χ0n) is 5.05. The van der Waals surface area contributed by atoms with Crippen LogP contribution in [-0.2, 0) is 0 Å². The Morgan fingerprint density at radius 1 is 1.67 bits per heavy atom. The quantitative estimate of drug-likeness (QED) is 0.296. The number of nitrogens with two attached hydrogens (primary N) is 1. The minimum atomic E-state index is -1.08. The Hall–Kier alpha value is -0.810. The van der Waals surface area contributed by atoms with Crippen molar-refractivity contribution in [2.75, 3.05) is 13.1 Å². The first-order valence-electron chi connectivity index (χ1n) is 2.69. The second kappa shape index (κ2) is 5.33. The molecule has 0 heterocycles. The number of hydrogen-bond donors (Lipinski definition) is 4. The van der Waals surface area contributed by atoms with Gasteiger partial charge in [0.1, 0.15) is 0 Å². The first kappa shape index (κ1) is 8.19. The number of amides is 1. The van der Waals surface area contributed by atoms with Crippen molar-refractivity contribution < 1.29 is 9.90 Å². The Bertz CT molecular complexity index is 85.9. The van der Waals surface area contributed by atoms with E-state index in [9.17, 15) is 4.79 Å². The van der Waals surface area contributed by atoms with Crippen molar-refractivity contribution in [1.82, 2.24) is 10.9 Å². The Labute approximate surface area is 53.2 Å². The largest absolute Gasteiger partial charge is 0.464 e. The van der Waals surface area contributed by atoms with Crippen LogP contribution in [0.5, 0.6) is 0 Å². The highest BCUT2D eigenvalue weighted by molar-refractivity contribution is 5.63. The zero-order valence-corrected chi connectivity index (χ0v) is 5.05. The van der Waals surface area contributed by atoms with Crippen molar-refractivity contribution in [3.05, 3.63) is 0 Å². The molecule has 54 valence electrons. The normalized spacial score (nSPS) is 9.00. The summed E-state index contributed by atoms with van der Waals surface area (Å²) in [7, 11) is 0. The van der Waals surface area contributed by atoms with Gasteiger partial charge in [-0.05, 0) is 13.0 Å². The van der Waals surface area contributed by atoms with Crippen LogP contribution in [0.15, 0.2) is 0 Å². The van der Waals surface area contributed by atoms with Crippen molar-refractivity contribution in [1.29, 1.82) is 0 Å². The number of nitrogens with one attached hydrogen (secondary N) is 2. The summed E-state index contributed by atoms with van der Waals surface area (Å²) in [5.41, 5.74) is 9.58. The lowest BCUT2D eigenvalue weighted by Crippen LogP contribution is -2.37. The third kappa shape index (κ3) is 7.19. The maximum absolute atomic E-state index is 9.76. The molecule has 0 radical (unpaired) electrons. The summed E-state index contributed by atoms with van der Waals surface area (Å²) in [4.78, 5) is 9.76. The smallest absolute Gasteiger partial charge is 0.419 e. The van der Waals surface area contributed by atoms with Gasteiger partial charge in [-0.15, -0.1) is 0 Å². The van der Waals surface area contributed by atoms with Crippen molar-refractivity contribution >= 4 is 6.09 Å². The third-order valence-electron chi connectivity index (χ3n) is 0.701. The second-order valence-electron chi connectivity index (χ2n) is 1.50. The molecule has 0 atom stereocenters. The van der Waals surface area contributed by atoms with Gasteiger partial charge in [-0.25, -0.2) is 10.2 Å². The fraction of sp³-hybridized carbons (Fsp3) is 0.750. The summed E-state index contributed by atoms with van der Waals surface area (Å²) >= 11 is 0. The van der Waals surface area contributed by atoms with Gasteiger partial charge in [-0.2, -0.15) is 0 Å². The summed E-state index contributed by atoms with van der Waals surface area (Å²) in [5.74, 6) is 0. The monoisotopic (exact) mass is 133 g/mol. The maximum Gasteiger partial charge on any atom is 0.419 e. The Balaban J connectivity index is 2.83. The average Bonchev–Trinajstić information content (AvgIpc) is 1.80. The number of carboxylic acid groups (broad SMARTS) is 1. The van der Waals surface area contributed by atoms with Gasteiger partial charge >= 0.3 is 6.09 Å². The third-order valence-corrected chi connectivity index (χ3v) is 0.701. The Morgan fingerprint density at radius 2 is 2.33 bits per heavy atom. The van der Waals surface area contributed by atoms with Gasteiger partial charge in [0.15, 0.2) is 0 Å². The van der Waals surface area contributed by atoms with E-state index in [-0.39, 0.29) is 0 Å². The van der Waals surface area contributed by atoms with Crippen LogP contribution in [0, 0.1) is 0 Å². The van der Waals surface area contributed by atoms with Gasteiger partial charge in [-0.1, -0.05) is 0 Å². The van der Waals surface area contributed by atoms with Crippen LogP contribution in [0.25, 0.3) is 0 Å². The predicted molar refractivity (Wildman–Crippen MR) is 32.8 cm³/mol. The van der Waals surface area contributed by atoms with Gasteiger partial charge in [0.2, 0.25) is 0 Å². The summed E-state index contributed by atoms with van der Waals surface area (Å²) in [6.07, 6.45) is -0.313. The Morgan fingerprint density at radius 3 is 2.78 bits per heavy atom. The molecule has 0 saturated carbocycles. The van der Waals surface area contributed by atoms with Crippen LogP contribution in [-0.4, -0.2) is 24.3 Å². The SMILES string of the molecule is NCCCNNC(=O)O. The van der Waals surface area contributed by atoms with E-state index in [1.54, 1.807) is 0 Å². The molecule has 0 bridgehead atoms. The Kier molecular flexibility index (Phi) is 4.85. The minimum absolute atomic E-state index is 0.564. The van der Waals surface area contributed by atoms with Crippen LogP contribution in [0.4, 0.5) is 4.79 Å². The van der Waals surface area contributed by atoms with Crippen LogP contribution in [0.1, 0.15) is 6.42 Å². The van der Waals surface area contributed by atoms with Gasteiger partial charge in [-0.3, -0.25) is 5.43 Å². The van der Waals surface area contributed by atoms with Gasteiger partial charge in [0.25, 0.3) is 0 Å². The molecule has 0 spiro atoms. The lowest BCUT2D eigenvalue weighted by molar-refractivity contribution is 0.189. The molecular weight excluding hydrogens is 122 g/mol. The van der Waals surface area contributed by atoms with Crippen molar-refractivity contribution in [2.24, 2.45) is 5.73 Å². The molecule has 0 aromatic heterocycles. The fourth-order valence-corrected chi connectivity index (χ4v) is 0.329. The molecule has 0 aliphatic heterocycles. The molecular formula is C4H11N3O2. The predicted octanol–water partition coefficient (Wildman–Crippen LogP) is -0.893. The minimum Gasteiger partial charge on any atom is -0.464 e. The molecule has 1 amide bonds. The maximum atomic E-state index is 9.76. The first-order valence-corrected chi connectivity index (χ1v) is 2.69. The van der Waals surface area contributed by atoms with E-state index in [1.165, 1.54) is 0 Å². The molecule has 0 aliphatic rings. The topological polar surface area (TPSA) is 87.4 Å². The first-order chi connectivity index (χ1) is 4.27. The summed E-state index contributed by atoms with van der Waals surface area (Å²) < 4.78 is 0. The summed E-state index contributed by atoms with van der Waals surface area (Å²) in [6, 6.07) is 0. The second-order valence-corrected chi connectivity index (χ2v) is 1.50. The van der Waals surface area contributed by atoms with E-state index in [0.717, 1.165) is 6.42 Å². The van der Waals surface area contributed by atoms with Crippen LogP contribution < -0.4 is 16.6 Å². The van der Waals surface area contributed by atoms with E-state index >= 15 is 0 Å². The van der Waals surface area contributed by atoms with Gasteiger partial charge in [0, 0.05) is 6.54 Å². The summed E-state index contributed by atoms with van der Waals surface area (Å²) in [5, 5.41) is 8.01. The van der Waals surface area contributed by atoms with Gasteiger partial charge in [0.05, 0.1) is 0 Å². The molecule has 5 nitrogen and oxygen atoms in total. The van der Waals surface area contributed by atoms with Crippen LogP contribution >= 0.6 is 0 Å². The van der Waals surface area contributed by atoms with Crippen LogP contribution in [0.3, 0.4) is 0 Å². The molecule has 0 aromatic rings. The van der Waals surface area contributed by atoms with Crippen molar-refractivity contribution in [3.8, 4) is 0 Å². The number of hydrazine groups is 1. The number of carbonyl (C=O) groups is 1. The van der Waals surface area contributed by atoms with E-state index in [0.29, 0.717) is 13.1 Å². The zero-order chi connectivity index (χ0) is 7.11. The molecule has 0 fully saturated rings. The molecule has 0 rings (SSSR count). The molecule has 0 aromatic carbocycles. The molecule has 5 N–H and O–H groups in total. The van der Waals surface area contributed by atoms with Crippen LogP contribution in [0.2, 0.25) is 0 Å². The van der Waals surface area contributed by atoms with Gasteiger partial charge < -0.3 is 10.8 Å². The standard InChI is InChI=1S/C4H11N3O2/c5-2-1-3-6-7-4(8)9/h6-7H,1-3,5H2,(H,8,9). The van der Waals surface area contributed by atoms with Crippen molar-refractivity contribution in [2.45, 2.75) is 6.42 Å². The fourth-order valence-electron chi connectivity index (χ4n) is 0.329. The highest BCUT2D eigenvalue weighted by atomic mass is 16.4. The number of hydrogen-bond acceptors (Lipinski definition) is 3. The molecule has 5 heteroatoms. The van der Waals surface area contributed by atoms with E-state index < -0.39 is 6.09 Å². The van der Waals surface area contributed by atoms with Crippen molar-refractivity contribution in [3.63, 3.8) is 0 Å². The molecule has 0 unspecified atom stereocenters. The molecule has 0 aliphatic carbocycles. The highest BCUT2D eigenvalue weighted by Gasteiger charge is 1.88. The average molecular weight is 133 g/mol. The summed E-state index contributed by atoms with van der Waals surface area (Å²) in [6.45, 7) is 1.14. The number of rotatable bonds is 4. The van der Waals surface area contributed by atoms with E-state index in [2.05, 4.69) is 5.43 Å². The molecule has 9 heavy (non-hydrogen) atoms. The highest BCUT2D eigenvalue weighted by Crippen LogP contribution is 1.65. The molecule has 0 saturated heterocycles. The lowest BCUT2D eigenvalue weighted by Gasteiger charge is -2.00. The van der Waals surface area contributed by atoms with E-state index in [1.807, 2.05) is 5.43 Å². The lowest BCUT2D eigenvalue weighted by atomic mass is 10.4. The van der Waals surface area contributed by atoms with E-state index in [4.69, 9.17) is 10.8 Å².